The summed E-state index contributed by atoms with van der Waals surface area (Å²) >= 11 is 0. The Bertz CT molecular complexity index is 695. The molecule has 0 unspecified atom stereocenters. The number of carbonyl (C=O) groups is 1. The molecule has 1 aliphatic rings. The van der Waals surface area contributed by atoms with Crippen LogP contribution < -0.4 is 11.1 Å². The van der Waals surface area contributed by atoms with Crippen molar-refractivity contribution in [1.29, 1.82) is 0 Å². The highest BCUT2D eigenvalue weighted by Gasteiger charge is 2.14. The zero-order valence-corrected chi connectivity index (χ0v) is 11.7. The Kier molecular flexibility index (Phi) is 3.52. The van der Waals surface area contributed by atoms with E-state index in [1.165, 1.54) is 17.2 Å². The number of hydrogen-bond acceptors (Lipinski definition) is 3. The molecule has 0 aliphatic heterocycles. The lowest BCUT2D eigenvalue weighted by molar-refractivity contribution is 0.0950. The zero-order chi connectivity index (χ0) is 14.8. The predicted molar refractivity (Wildman–Crippen MR) is 82.2 cm³/mol. The number of fused-ring (bicyclic) bond motifs is 1. The topological polar surface area (TPSA) is 75.3 Å². The number of nitrogens with one attached hydrogen (secondary N) is 1. The molecule has 2 aromatic rings. The minimum atomic E-state index is -0.133. The first-order valence-electron chi connectivity index (χ1n) is 7.11. The molecule has 108 valence electrons. The summed E-state index contributed by atoms with van der Waals surface area (Å²) in [6.45, 7) is 0.257. The van der Waals surface area contributed by atoms with Crippen LogP contribution in [0.4, 0.5) is 5.69 Å². The standard InChI is InChI=1S/C17H18N2O2/c18-15-6-7-16(20)14(9-15)10-19-17(21)13-5-4-11-2-1-3-12(11)8-13/h4-9,20H,1-3,10,18H2,(H,19,21). The molecule has 0 saturated carbocycles. The minimum absolute atomic E-state index is 0.133. The van der Waals surface area contributed by atoms with Crippen LogP contribution in [-0.4, -0.2) is 11.0 Å². The third kappa shape index (κ3) is 2.84. The number of rotatable bonds is 3. The smallest absolute Gasteiger partial charge is 0.251 e. The highest BCUT2D eigenvalue weighted by molar-refractivity contribution is 5.94. The van der Waals surface area contributed by atoms with Crippen LogP contribution in [0.15, 0.2) is 36.4 Å². The van der Waals surface area contributed by atoms with Crippen molar-refractivity contribution in [3.8, 4) is 5.75 Å². The number of nitrogens with two attached hydrogens (primary N) is 1. The van der Waals surface area contributed by atoms with Crippen LogP contribution in [0.2, 0.25) is 0 Å². The molecule has 1 aliphatic carbocycles. The number of aryl methyl sites for hydroxylation is 2. The van der Waals surface area contributed by atoms with E-state index in [4.69, 9.17) is 5.73 Å². The van der Waals surface area contributed by atoms with Crippen LogP contribution in [0.1, 0.15) is 33.5 Å². The van der Waals surface area contributed by atoms with Crippen molar-refractivity contribution in [2.45, 2.75) is 25.8 Å². The van der Waals surface area contributed by atoms with E-state index in [9.17, 15) is 9.90 Å². The third-order valence-electron chi connectivity index (χ3n) is 3.90. The Morgan fingerprint density at radius 2 is 1.95 bits per heavy atom. The number of anilines is 1. The van der Waals surface area contributed by atoms with E-state index >= 15 is 0 Å². The normalized spacial score (nSPS) is 13.0. The minimum Gasteiger partial charge on any atom is -0.508 e. The lowest BCUT2D eigenvalue weighted by Crippen LogP contribution is -2.23. The summed E-state index contributed by atoms with van der Waals surface area (Å²) in [5, 5.41) is 12.6. The van der Waals surface area contributed by atoms with E-state index < -0.39 is 0 Å². The zero-order valence-electron chi connectivity index (χ0n) is 11.7. The number of benzene rings is 2. The van der Waals surface area contributed by atoms with Crippen LogP contribution in [0.25, 0.3) is 0 Å². The third-order valence-corrected chi connectivity index (χ3v) is 3.90. The molecule has 21 heavy (non-hydrogen) atoms. The highest BCUT2D eigenvalue weighted by Crippen LogP contribution is 2.23. The summed E-state index contributed by atoms with van der Waals surface area (Å²) in [7, 11) is 0. The van der Waals surface area contributed by atoms with Gasteiger partial charge in [0.2, 0.25) is 0 Å². The molecule has 0 bridgehead atoms. The molecule has 0 saturated heterocycles. The number of hydrogen-bond donors (Lipinski definition) is 3. The summed E-state index contributed by atoms with van der Waals surface area (Å²) in [5.74, 6) is 0.00461. The molecule has 2 aromatic carbocycles. The molecule has 3 rings (SSSR count). The van der Waals surface area contributed by atoms with E-state index in [-0.39, 0.29) is 18.2 Å². The van der Waals surface area contributed by atoms with Crippen LogP contribution in [-0.2, 0) is 19.4 Å². The number of phenols is 1. The number of aromatic hydroxyl groups is 1. The molecule has 0 radical (unpaired) electrons. The monoisotopic (exact) mass is 282 g/mol. The fraction of sp³-hybridized carbons (Fsp3) is 0.235. The van der Waals surface area contributed by atoms with E-state index in [0.717, 1.165) is 19.3 Å². The molecule has 0 atom stereocenters. The molecule has 4 nitrogen and oxygen atoms in total. The summed E-state index contributed by atoms with van der Waals surface area (Å²) in [4.78, 5) is 12.2. The second kappa shape index (κ2) is 5.48. The maximum atomic E-state index is 12.2. The largest absolute Gasteiger partial charge is 0.508 e. The van der Waals surface area contributed by atoms with Gasteiger partial charge in [0, 0.05) is 23.4 Å². The molecule has 4 N–H and O–H groups in total. The van der Waals surface area contributed by atoms with Gasteiger partial charge in [-0.15, -0.1) is 0 Å². The van der Waals surface area contributed by atoms with Gasteiger partial charge in [-0.25, -0.2) is 0 Å². The maximum absolute atomic E-state index is 12.2. The van der Waals surface area contributed by atoms with Gasteiger partial charge in [0.25, 0.3) is 5.91 Å². The van der Waals surface area contributed by atoms with Gasteiger partial charge >= 0.3 is 0 Å². The van der Waals surface area contributed by atoms with Gasteiger partial charge < -0.3 is 16.2 Å². The Balaban J connectivity index is 1.70. The maximum Gasteiger partial charge on any atom is 0.251 e. The SMILES string of the molecule is Nc1ccc(O)c(CNC(=O)c2ccc3c(c2)CCC3)c1. The first-order chi connectivity index (χ1) is 10.1. The molecule has 0 fully saturated rings. The van der Waals surface area contributed by atoms with E-state index in [1.54, 1.807) is 12.1 Å². The van der Waals surface area contributed by atoms with Gasteiger partial charge in [-0.05, 0) is 60.7 Å². The molecule has 1 amide bonds. The van der Waals surface area contributed by atoms with Crippen LogP contribution >= 0.6 is 0 Å². The average molecular weight is 282 g/mol. The highest BCUT2D eigenvalue weighted by atomic mass is 16.3. The predicted octanol–water partition coefficient (Wildman–Crippen LogP) is 2.39. The molecule has 4 heteroatoms. The fourth-order valence-electron chi connectivity index (χ4n) is 2.74. The Morgan fingerprint density at radius 1 is 1.14 bits per heavy atom. The van der Waals surface area contributed by atoms with Gasteiger partial charge in [0.05, 0.1) is 0 Å². The number of amides is 1. The van der Waals surface area contributed by atoms with E-state index in [0.29, 0.717) is 16.8 Å². The van der Waals surface area contributed by atoms with Crippen LogP contribution in [0, 0.1) is 0 Å². The van der Waals surface area contributed by atoms with Crippen molar-refractivity contribution < 1.29 is 9.90 Å². The Morgan fingerprint density at radius 3 is 2.81 bits per heavy atom. The summed E-state index contributed by atoms with van der Waals surface area (Å²) < 4.78 is 0. The Labute approximate surface area is 123 Å². The number of nitrogen functional groups attached to an aromatic ring is 1. The first-order valence-corrected chi connectivity index (χ1v) is 7.11. The average Bonchev–Trinajstić information content (AvgIpc) is 2.95. The lowest BCUT2D eigenvalue weighted by Gasteiger charge is -2.09. The van der Waals surface area contributed by atoms with Crippen molar-refractivity contribution in [1.82, 2.24) is 5.32 Å². The van der Waals surface area contributed by atoms with Gasteiger partial charge in [-0.3, -0.25) is 4.79 Å². The second-order valence-corrected chi connectivity index (χ2v) is 5.41. The first kappa shape index (κ1) is 13.5. The van der Waals surface area contributed by atoms with Crippen LogP contribution in [0.5, 0.6) is 5.75 Å². The van der Waals surface area contributed by atoms with Crippen LogP contribution in [0.3, 0.4) is 0 Å². The molecular formula is C17H18N2O2. The molecule has 0 heterocycles. The number of phenolic OH excluding ortho intramolecular Hbond substituents is 1. The van der Waals surface area contributed by atoms with E-state index in [1.807, 2.05) is 18.2 Å². The number of carbonyl (C=O) groups excluding carboxylic acids is 1. The van der Waals surface area contributed by atoms with Crippen molar-refractivity contribution in [2.24, 2.45) is 0 Å². The summed E-state index contributed by atoms with van der Waals surface area (Å²) in [6, 6.07) is 10.7. The van der Waals surface area contributed by atoms with Gasteiger partial charge in [-0.1, -0.05) is 6.07 Å². The van der Waals surface area contributed by atoms with Crippen molar-refractivity contribution in [3.63, 3.8) is 0 Å². The van der Waals surface area contributed by atoms with Crippen molar-refractivity contribution in [3.05, 3.63) is 58.7 Å². The molecule has 0 spiro atoms. The summed E-state index contributed by atoms with van der Waals surface area (Å²) in [6.07, 6.45) is 3.32. The van der Waals surface area contributed by atoms with Gasteiger partial charge in [-0.2, -0.15) is 0 Å². The summed E-state index contributed by atoms with van der Waals surface area (Å²) in [5.41, 5.74) is 10.1. The van der Waals surface area contributed by atoms with Gasteiger partial charge in [0.1, 0.15) is 5.75 Å². The van der Waals surface area contributed by atoms with Gasteiger partial charge in [0.15, 0.2) is 0 Å². The van der Waals surface area contributed by atoms with E-state index in [2.05, 4.69) is 5.32 Å². The molecular weight excluding hydrogens is 264 g/mol. The molecule has 0 aromatic heterocycles. The lowest BCUT2D eigenvalue weighted by atomic mass is 10.1. The fourth-order valence-corrected chi connectivity index (χ4v) is 2.74. The Hall–Kier alpha value is -2.49. The second-order valence-electron chi connectivity index (χ2n) is 5.41. The quantitative estimate of drug-likeness (QED) is 0.597. The van der Waals surface area contributed by atoms with Crippen molar-refractivity contribution >= 4 is 11.6 Å². The van der Waals surface area contributed by atoms with Crippen molar-refractivity contribution in [2.75, 3.05) is 5.73 Å².